The minimum absolute atomic E-state index is 0. The van der Waals surface area contributed by atoms with Crippen molar-refractivity contribution in [2.45, 2.75) is 23.5 Å². The molecule has 1 fully saturated rings. The third kappa shape index (κ3) is 5.86. The Balaban J connectivity index is 0.00000242. The van der Waals surface area contributed by atoms with E-state index in [4.69, 9.17) is 0 Å². The first-order valence-corrected chi connectivity index (χ1v) is 8.43. The Bertz CT molecular complexity index is 573. The van der Waals surface area contributed by atoms with E-state index in [2.05, 4.69) is 10.6 Å². The molecule has 0 radical (unpaired) electrons. The minimum Gasteiger partial charge on any atom is -0.387 e. The molecule has 1 aromatic carbocycles. The van der Waals surface area contributed by atoms with Crippen molar-refractivity contribution in [3.05, 3.63) is 29.8 Å². The van der Waals surface area contributed by atoms with Gasteiger partial charge in [0.15, 0.2) is 0 Å². The summed E-state index contributed by atoms with van der Waals surface area (Å²) in [5.41, 5.74) is 0.316. The molecule has 1 aliphatic heterocycles. The Morgan fingerprint density at radius 3 is 2.35 bits per heavy atom. The summed E-state index contributed by atoms with van der Waals surface area (Å²) in [6.07, 6.45) is 0.750. The van der Waals surface area contributed by atoms with Gasteiger partial charge in [-0.3, -0.25) is 0 Å². The van der Waals surface area contributed by atoms with Gasteiger partial charge in [-0.2, -0.15) is 0 Å². The summed E-state index contributed by atoms with van der Waals surface area (Å²) in [5.74, 6) is 0. The van der Waals surface area contributed by atoms with Crippen LogP contribution in [-0.4, -0.2) is 57.2 Å². The number of rotatable bonds is 6. The Morgan fingerprint density at radius 1 is 1.26 bits per heavy atom. The lowest BCUT2D eigenvalue weighted by molar-refractivity contribution is 0.0609. The maximum Gasteiger partial charge on any atom is 0.242 e. The van der Waals surface area contributed by atoms with Gasteiger partial charge in [-0.05, 0) is 30.7 Å². The van der Waals surface area contributed by atoms with Crippen molar-refractivity contribution in [2.75, 3.05) is 33.7 Å². The summed E-state index contributed by atoms with van der Waals surface area (Å²) in [5, 5.41) is 16.5. The molecular formula is C14H25Cl2N3O3S. The van der Waals surface area contributed by atoms with E-state index < -0.39 is 15.6 Å². The summed E-state index contributed by atoms with van der Waals surface area (Å²) < 4.78 is 25.1. The van der Waals surface area contributed by atoms with Gasteiger partial charge in [0.2, 0.25) is 10.0 Å². The fourth-order valence-electron chi connectivity index (χ4n) is 2.31. The lowest BCUT2D eigenvalue weighted by atomic mass is 10.0. The van der Waals surface area contributed by atoms with Gasteiger partial charge in [-0.25, -0.2) is 12.7 Å². The van der Waals surface area contributed by atoms with Crippen molar-refractivity contribution in [3.63, 3.8) is 0 Å². The van der Waals surface area contributed by atoms with Gasteiger partial charge in [-0.1, -0.05) is 12.1 Å². The number of nitrogens with zero attached hydrogens (tertiary/aromatic N) is 1. The standard InChI is InChI=1S/C14H23N3O3S.2ClH/c1-17(2)21(19,20)13-5-3-12(4-6-13)9-16-11-14(18)7-8-15-10-14;;/h3-6,15-16,18H,7-11H2,1-2H3;2*1H. The van der Waals surface area contributed by atoms with Crippen LogP contribution in [0.1, 0.15) is 12.0 Å². The Morgan fingerprint density at radius 2 is 1.87 bits per heavy atom. The van der Waals surface area contributed by atoms with Crippen molar-refractivity contribution in [2.24, 2.45) is 0 Å². The van der Waals surface area contributed by atoms with Crippen molar-refractivity contribution in [1.82, 2.24) is 14.9 Å². The Kier molecular flexibility index (Phi) is 9.01. The van der Waals surface area contributed by atoms with E-state index in [1.165, 1.54) is 18.4 Å². The number of sulfonamides is 1. The van der Waals surface area contributed by atoms with Crippen molar-refractivity contribution >= 4 is 34.8 Å². The molecule has 2 rings (SSSR count). The first kappa shape index (κ1) is 22.6. The lowest BCUT2D eigenvalue weighted by Gasteiger charge is -2.21. The molecule has 3 N–H and O–H groups in total. The quantitative estimate of drug-likeness (QED) is 0.667. The van der Waals surface area contributed by atoms with Crippen LogP contribution in [0.5, 0.6) is 0 Å². The molecule has 134 valence electrons. The fraction of sp³-hybridized carbons (Fsp3) is 0.571. The molecule has 0 aromatic heterocycles. The van der Waals surface area contributed by atoms with Crippen molar-refractivity contribution in [3.8, 4) is 0 Å². The van der Waals surface area contributed by atoms with E-state index in [-0.39, 0.29) is 29.7 Å². The number of aliphatic hydroxyl groups is 1. The second kappa shape index (κ2) is 9.17. The largest absolute Gasteiger partial charge is 0.387 e. The van der Waals surface area contributed by atoms with Crippen molar-refractivity contribution < 1.29 is 13.5 Å². The molecule has 1 aliphatic rings. The highest BCUT2D eigenvalue weighted by Crippen LogP contribution is 2.15. The average molecular weight is 386 g/mol. The number of halogens is 2. The normalized spacial score (nSPS) is 20.9. The predicted octanol–water partition coefficient (Wildman–Crippen LogP) is 0.595. The van der Waals surface area contributed by atoms with Gasteiger partial charge < -0.3 is 15.7 Å². The molecule has 1 aromatic rings. The van der Waals surface area contributed by atoms with E-state index in [1.54, 1.807) is 24.3 Å². The average Bonchev–Trinajstić information content (AvgIpc) is 2.86. The van der Waals surface area contributed by atoms with E-state index in [0.717, 1.165) is 18.5 Å². The maximum absolute atomic E-state index is 11.9. The van der Waals surface area contributed by atoms with Gasteiger partial charge in [0.1, 0.15) is 0 Å². The molecule has 0 bridgehead atoms. The molecule has 23 heavy (non-hydrogen) atoms. The highest BCUT2D eigenvalue weighted by atomic mass is 35.5. The van der Waals surface area contributed by atoms with Crippen LogP contribution in [0.25, 0.3) is 0 Å². The van der Waals surface area contributed by atoms with E-state index in [1.807, 2.05) is 0 Å². The van der Waals surface area contributed by atoms with Crippen LogP contribution in [0.15, 0.2) is 29.2 Å². The topological polar surface area (TPSA) is 81.7 Å². The third-order valence-electron chi connectivity index (χ3n) is 3.71. The zero-order valence-corrected chi connectivity index (χ0v) is 15.7. The summed E-state index contributed by atoms with van der Waals surface area (Å²) in [4.78, 5) is 0.287. The highest BCUT2D eigenvalue weighted by molar-refractivity contribution is 7.89. The third-order valence-corrected chi connectivity index (χ3v) is 5.54. The molecule has 9 heteroatoms. The number of hydrogen-bond acceptors (Lipinski definition) is 5. The minimum atomic E-state index is -3.37. The maximum atomic E-state index is 11.9. The van der Waals surface area contributed by atoms with Gasteiger partial charge in [0.05, 0.1) is 10.5 Å². The van der Waals surface area contributed by atoms with Crippen LogP contribution >= 0.6 is 24.8 Å². The summed E-state index contributed by atoms with van der Waals surface area (Å²) in [7, 11) is -0.342. The van der Waals surface area contributed by atoms with E-state index in [9.17, 15) is 13.5 Å². The van der Waals surface area contributed by atoms with Crippen molar-refractivity contribution in [1.29, 1.82) is 0 Å². The molecule has 0 aliphatic carbocycles. The Hall–Kier alpha value is -0.410. The van der Waals surface area contributed by atoms with Crippen LogP contribution in [-0.2, 0) is 16.6 Å². The first-order valence-electron chi connectivity index (χ1n) is 6.99. The van der Waals surface area contributed by atoms with Gasteiger partial charge in [0.25, 0.3) is 0 Å². The van der Waals surface area contributed by atoms with Crippen LogP contribution in [0, 0.1) is 0 Å². The molecule has 0 spiro atoms. The second-order valence-electron chi connectivity index (χ2n) is 5.69. The summed E-state index contributed by atoms with van der Waals surface area (Å²) >= 11 is 0. The predicted molar refractivity (Wildman–Crippen MR) is 96.0 cm³/mol. The Labute approximate surface area is 150 Å². The summed E-state index contributed by atoms with van der Waals surface area (Å²) in [6, 6.07) is 6.80. The molecule has 1 atom stereocenters. The SMILES string of the molecule is CN(C)S(=O)(=O)c1ccc(CNCC2(O)CCNC2)cc1.Cl.Cl. The molecular weight excluding hydrogens is 361 g/mol. The van der Waals surface area contributed by atoms with E-state index in [0.29, 0.717) is 19.6 Å². The molecule has 1 heterocycles. The van der Waals surface area contributed by atoms with Crippen LogP contribution in [0.2, 0.25) is 0 Å². The lowest BCUT2D eigenvalue weighted by Crippen LogP contribution is -2.42. The van der Waals surface area contributed by atoms with Crippen LogP contribution in [0.4, 0.5) is 0 Å². The highest BCUT2D eigenvalue weighted by Gasteiger charge is 2.30. The zero-order valence-electron chi connectivity index (χ0n) is 13.3. The number of β-amino-alcohol motifs (C(OH)–C–C–N with tert-alkyl or cyclic N) is 1. The summed E-state index contributed by atoms with van der Waals surface area (Å²) in [6.45, 7) is 2.58. The van der Waals surface area contributed by atoms with Gasteiger partial charge >= 0.3 is 0 Å². The van der Waals surface area contributed by atoms with Crippen LogP contribution < -0.4 is 10.6 Å². The first-order chi connectivity index (χ1) is 9.83. The zero-order chi connectivity index (χ0) is 15.5. The number of nitrogens with one attached hydrogen (secondary N) is 2. The molecule has 0 saturated carbocycles. The molecule has 6 nitrogen and oxygen atoms in total. The molecule has 1 unspecified atom stereocenters. The fourth-order valence-corrected chi connectivity index (χ4v) is 3.21. The number of hydrogen-bond donors (Lipinski definition) is 3. The molecule has 0 amide bonds. The molecule has 1 saturated heterocycles. The number of benzene rings is 1. The second-order valence-corrected chi connectivity index (χ2v) is 7.84. The van der Waals surface area contributed by atoms with E-state index >= 15 is 0 Å². The van der Waals surface area contributed by atoms with Gasteiger partial charge in [0, 0.05) is 33.7 Å². The smallest absolute Gasteiger partial charge is 0.242 e. The van der Waals surface area contributed by atoms with Gasteiger partial charge in [-0.15, -0.1) is 24.8 Å². The van der Waals surface area contributed by atoms with Crippen LogP contribution in [0.3, 0.4) is 0 Å². The monoisotopic (exact) mass is 385 g/mol.